The van der Waals surface area contributed by atoms with Crippen LogP contribution in [-0.2, 0) is 0 Å². The quantitative estimate of drug-likeness (QED) is 0.742. The van der Waals surface area contributed by atoms with Gasteiger partial charge in [0.25, 0.3) is 0 Å². The van der Waals surface area contributed by atoms with Crippen LogP contribution in [0.5, 0.6) is 0 Å². The molecular weight excluding hydrogens is 240 g/mol. The molecule has 0 aliphatic heterocycles. The summed E-state index contributed by atoms with van der Waals surface area (Å²) in [5.41, 5.74) is 7.69. The number of hydrogen-bond acceptors (Lipinski definition) is 3. The number of anilines is 2. The molecule has 0 amide bonds. The maximum absolute atomic E-state index is 10.9. The molecule has 0 aromatic heterocycles. The van der Waals surface area contributed by atoms with Gasteiger partial charge < -0.3 is 15.7 Å². The van der Waals surface area contributed by atoms with E-state index in [2.05, 4.69) is 25.7 Å². The first-order valence-corrected chi connectivity index (χ1v) is 6.91. The molecule has 0 spiro atoms. The fraction of sp³-hybridized carbons (Fsp3) is 0.533. The molecule has 0 saturated carbocycles. The lowest BCUT2D eigenvalue weighted by Crippen LogP contribution is -2.29. The summed E-state index contributed by atoms with van der Waals surface area (Å²) in [4.78, 5) is 13.1. The molecule has 1 aromatic rings. The molecule has 0 atom stereocenters. The Morgan fingerprint density at radius 1 is 1.32 bits per heavy atom. The highest BCUT2D eigenvalue weighted by Crippen LogP contribution is 2.26. The number of carboxylic acids is 1. The molecule has 0 radical (unpaired) electrons. The van der Waals surface area contributed by atoms with Crippen LogP contribution >= 0.6 is 0 Å². The highest BCUT2D eigenvalue weighted by Gasteiger charge is 2.14. The van der Waals surface area contributed by atoms with Gasteiger partial charge in [0.05, 0.1) is 16.9 Å². The van der Waals surface area contributed by atoms with Crippen molar-refractivity contribution in [3.8, 4) is 0 Å². The van der Waals surface area contributed by atoms with E-state index in [4.69, 9.17) is 10.8 Å². The summed E-state index contributed by atoms with van der Waals surface area (Å²) >= 11 is 0. The van der Waals surface area contributed by atoms with Crippen molar-refractivity contribution in [2.75, 3.05) is 23.7 Å². The Balaban J connectivity index is 2.95. The lowest BCUT2D eigenvalue weighted by Gasteiger charge is -2.28. The zero-order valence-corrected chi connectivity index (χ0v) is 12.0. The van der Waals surface area contributed by atoms with Gasteiger partial charge in [-0.25, -0.2) is 4.79 Å². The van der Waals surface area contributed by atoms with Crippen LogP contribution in [0.3, 0.4) is 0 Å². The van der Waals surface area contributed by atoms with Crippen LogP contribution in [0.1, 0.15) is 44.0 Å². The molecule has 4 heteroatoms. The minimum atomic E-state index is -0.943. The van der Waals surface area contributed by atoms with E-state index in [0.29, 0.717) is 11.6 Å². The van der Waals surface area contributed by atoms with E-state index in [1.807, 2.05) is 6.07 Å². The minimum Gasteiger partial charge on any atom is -0.478 e. The predicted molar refractivity (Wildman–Crippen MR) is 79.8 cm³/mol. The van der Waals surface area contributed by atoms with E-state index in [0.717, 1.165) is 31.6 Å². The van der Waals surface area contributed by atoms with Crippen molar-refractivity contribution in [2.24, 2.45) is 5.92 Å². The van der Waals surface area contributed by atoms with Crippen molar-refractivity contribution in [2.45, 2.75) is 33.6 Å². The Labute approximate surface area is 115 Å². The predicted octanol–water partition coefficient (Wildman–Crippen LogP) is 3.23. The van der Waals surface area contributed by atoms with Crippen molar-refractivity contribution in [1.29, 1.82) is 0 Å². The third-order valence-electron chi connectivity index (χ3n) is 3.63. The van der Waals surface area contributed by atoms with Crippen LogP contribution in [0, 0.1) is 5.92 Å². The largest absolute Gasteiger partial charge is 0.478 e. The lowest BCUT2D eigenvalue weighted by molar-refractivity contribution is 0.0697. The van der Waals surface area contributed by atoms with E-state index in [9.17, 15) is 4.79 Å². The van der Waals surface area contributed by atoms with Crippen molar-refractivity contribution in [1.82, 2.24) is 0 Å². The molecule has 0 aliphatic carbocycles. The second-order valence-corrected chi connectivity index (χ2v) is 4.80. The highest BCUT2D eigenvalue weighted by molar-refractivity contribution is 5.90. The van der Waals surface area contributed by atoms with Crippen LogP contribution < -0.4 is 10.6 Å². The molecule has 1 aromatic carbocycles. The van der Waals surface area contributed by atoms with Crippen molar-refractivity contribution in [3.63, 3.8) is 0 Å². The number of carboxylic acid groups (broad SMARTS) is 1. The number of nitrogens with two attached hydrogens (primary N) is 1. The first-order chi connectivity index (χ1) is 9.03. The minimum absolute atomic E-state index is 0.236. The molecule has 0 saturated heterocycles. The SMILES string of the molecule is CCC(CC)CN(CC)c1ccc(C(=O)O)cc1N. The molecule has 1 rings (SSSR count). The van der Waals surface area contributed by atoms with Gasteiger partial charge in [0.2, 0.25) is 0 Å². The maximum Gasteiger partial charge on any atom is 0.335 e. The first-order valence-electron chi connectivity index (χ1n) is 6.91. The van der Waals surface area contributed by atoms with Gasteiger partial charge in [-0.3, -0.25) is 0 Å². The van der Waals surface area contributed by atoms with Crippen LogP contribution in [0.4, 0.5) is 11.4 Å². The Kier molecular flexibility index (Phi) is 5.67. The molecule has 0 heterocycles. The number of nitrogen functional groups attached to an aromatic ring is 1. The molecule has 0 fully saturated rings. The van der Waals surface area contributed by atoms with Crippen molar-refractivity contribution >= 4 is 17.3 Å². The van der Waals surface area contributed by atoms with Crippen LogP contribution in [0.15, 0.2) is 18.2 Å². The van der Waals surface area contributed by atoms with Gasteiger partial charge in [0, 0.05) is 13.1 Å². The molecule has 4 nitrogen and oxygen atoms in total. The van der Waals surface area contributed by atoms with Gasteiger partial charge in [0.1, 0.15) is 0 Å². The number of nitrogens with zero attached hydrogens (tertiary/aromatic N) is 1. The monoisotopic (exact) mass is 264 g/mol. The van der Waals surface area contributed by atoms with Gasteiger partial charge in [0.15, 0.2) is 0 Å². The molecule has 3 N–H and O–H groups in total. The second-order valence-electron chi connectivity index (χ2n) is 4.80. The molecule has 0 bridgehead atoms. The summed E-state index contributed by atoms with van der Waals surface area (Å²) in [5, 5.41) is 8.95. The van der Waals surface area contributed by atoms with Crippen molar-refractivity contribution in [3.05, 3.63) is 23.8 Å². The standard InChI is InChI=1S/C15H24N2O2/c1-4-11(5-2)10-17(6-3)14-8-7-12(15(18)19)9-13(14)16/h7-9,11H,4-6,10,16H2,1-3H3,(H,18,19). The summed E-state index contributed by atoms with van der Waals surface area (Å²) in [7, 11) is 0. The van der Waals surface area contributed by atoms with E-state index in [1.165, 1.54) is 6.07 Å². The highest BCUT2D eigenvalue weighted by atomic mass is 16.4. The number of carbonyl (C=O) groups is 1. The molecule has 106 valence electrons. The summed E-state index contributed by atoms with van der Waals surface area (Å²) < 4.78 is 0. The van der Waals surface area contributed by atoms with Crippen LogP contribution in [0.25, 0.3) is 0 Å². The van der Waals surface area contributed by atoms with Gasteiger partial charge in [-0.05, 0) is 31.0 Å². The maximum atomic E-state index is 10.9. The normalized spacial score (nSPS) is 10.7. The van der Waals surface area contributed by atoms with Gasteiger partial charge in [-0.2, -0.15) is 0 Å². The number of rotatable bonds is 7. The van der Waals surface area contributed by atoms with E-state index < -0.39 is 5.97 Å². The average molecular weight is 264 g/mol. The molecular formula is C15H24N2O2. The Morgan fingerprint density at radius 2 is 1.95 bits per heavy atom. The zero-order valence-electron chi connectivity index (χ0n) is 12.0. The van der Waals surface area contributed by atoms with Crippen molar-refractivity contribution < 1.29 is 9.90 Å². The average Bonchev–Trinajstić information content (AvgIpc) is 2.41. The Morgan fingerprint density at radius 3 is 2.37 bits per heavy atom. The molecule has 0 aliphatic rings. The van der Waals surface area contributed by atoms with E-state index in [-0.39, 0.29) is 5.56 Å². The smallest absolute Gasteiger partial charge is 0.335 e. The van der Waals surface area contributed by atoms with Crippen LogP contribution in [0.2, 0.25) is 0 Å². The topological polar surface area (TPSA) is 66.6 Å². The van der Waals surface area contributed by atoms with Gasteiger partial charge >= 0.3 is 5.97 Å². The van der Waals surface area contributed by atoms with Gasteiger partial charge in [-0.15, -0.1) is 0 Å². The van der Waals surface area contributed by atoms with Gasteiger partial charge in [-0.1, -0.05) is 26.7 Å². The summed E-state index contributed by atoms with van der Waals surface area (Å²) in [5.74, 6) is -0.306. The molecule has 19 heavy (non-hydrogen) atoms. The fourth-order valence-electron chi connectivity index (χ4n) is 2.23. The second kappa shape index (κ2) is 7.02. The summed E-state index contributed by atoms with van der Waals surface area (Å²) in [6, 6.07) is 4.96. The third kappa shape index (κ3) is 3.88. The van der Waals surface area contributed by atoms with Crippen LogP contribution in [-0.4, -0.2) is 24.2 Å². The summed E-state index contributed by atoms with van der Waals surface area (Å²) in [6.07, 6.45) is 2.28. The Hall–Kier alpha value is -1.71. The number of aromatic carboxylic acids is 1. The lowest BCUT2D eigenvalue weighted by atomic mass is 10.0. The van der Waals surface area contributed by atoms with E-state index in [1.54, 1.807) is 6.07 Å². The Bertz CT molecular complexity index is 428. The fourth-order valence-corrected chi connectivity index (χ4v) is 2.23. The molecule has 0 unspecified atom stereocenters. The first kappa shape index (κ1) is 15.3. The third-order valence-corrected chi connectivity index (χ3v) is 3.63. The van der Waals surface area contributed by atoms with E-state index >= 15 is 0 Å². The zero-order chi connectivity index (χ0) is 14.4. The number of benzene rings is 1. The number of hydrogen-bond donors (Lipinski definition) is 2. The summed E-state index contributed by atoms with van der Waals surface area (Å²) in [6.45, 7) is 8.30.